The maximum Gasteiger partial charge on any atom is 0.121 e. The van der Waals surface area contributed by atoms with E-state index in [0.29, 0.717) is 5.92 Å². The van der Waals surface area contributed by atoms with Gasteiger partial charge in [0.15, 0.2) is 0 Å². The summed E-state index contributed by atoms with van der Waals surface area (Å²) in [4.78, 5) is 10.6. The van der Waals surface area contributed by atoms with E-state index in [0.717, 1.165) is 36.5 Å². The highest BCUT2D eigenvalue weighted by Crippen LogP contribution is 2.29. The fourth-order valence-corrected chi connectivity index (χ4v) is 3.44. The second-order valence-corrected chi connectivity index (χ2v) is 6.22. The van der Waals surface area contributed by atoms with Gasteiger partial charge in [0.1, 0.15) is 5.82 Å². The number of likely N-dealkylation sites (tertiary alicyclic amines) is 1. The van der Waals surface area contributed by atoms with E-state index in [4.69, 9.17) is 0 Å². The molecule has 1 saturated heterocycles. The Labute approximate surface area is 129 Å². The first-order valence-electron chi connectivity index (χ1n) is 7.95. The Morgan fingerprint density at radius 1 is 1.23 bits per heavy atom. The summed E-state index contributed by atoms with van der Waals surface area (Å²) in [5.74, 6) is 1.69. The molecule has 1 fully saturated rings. The molecular weight excluding hydrogens is 274 g/mol. The lowest BCUT2D eigenvalue weighted by molar-refractivity contribution is 0.199. The number of benzene rings is 1. The Balaban J connectivity index is 1.40. The van der Waals surface area contributed by atoms with Crippen LogP contribution in [0.4, 0.5) is 0 Å². The summed E-state index contributed by atoms with van der Waals surface area (Å²) in [6.07, 6.45) is 4.29. The van der Waals surface area contributed by atoms with Gasteiger partial charge in [0.2, 0.25) is 0 Å². The molecule has 5 heteroatoms. The molecule has 0 spiro atoms. The number of rotatable bonds is 3. The average molecular weight is 295 g/mol. The first-order valence-corrected chi connectivity index (χ1v) is 7.95. The number of aromatic nitrogens is 4. The molecule has 0 unspecified atom stereocenters. The minimum absolute atomic E-state index is 0.620. The van der Waals surface area contributed by atoms with Crippen LogP contribution in [-0.2, 0) is 6.54 Å². The van der Waals surface area contributed by atoms with E-state index in [1.807, 2.05) is 18.3 Å². The van der Waals surface area contributed by atoms with E-state index in [9.17, 15) is 0 Å². The smallest absolute Gasteiger partial charge is 0.121 e. The summed E-state index contributed by atoms with van der Waals surface area (Å²) in [6.45, 7) is 5.27. The van der Waals surface area contributed by atoms with Gasteiger partial charge in [0.05, 0.1) is 23.8 Å². The molecule has 0 aliphatic carbocycles. The number of aryl methyl sites for hydroxylation is 1. The number of imidazole rings is 1. The van der Waals surface area contributed by atoms with Crippen LogP contribution in [0.15, 0.2) is 30.5 Å². The molecule has 0 bridgehead atoms. The van der Waals surface area contributed by atoms with Gasteiger partial charge in [-0.15, -0.1) is 0 Å². The summed E-state index contributed by atoms with van der Waals surface area (Å²) in [5, 5.41) is 7.32. The van der Waals surface area contributed by atoms with Gasteiger partial charge in [0, 0.05) is 11.6 Å². The Kier molecular flexibility index (Phi) is 3.42. The van der Waals surface area contributed by atoms with Crippen molar-refractivity contribution in [3.63, 3.8) is 0 Å². The van der Waals surface area contributed by atoms with E-state index in [-0.39, 0.29) is 0 Å². The van der Waals surface area contributed by atoms with Gasteiger partial charge < -0.3 is 4.98 Å². The van der Waals surface area contributed by atoms with Crippen molar-refractivity contribution in [1.29, 1.82) is 0 Å². The summed E-state index contributed by atoms with van der Waals surface area (Å²) < 4.78 is 0. The summed E-state index contributed by atoms with van der Waals surface area (Å²) in [6, 6.07) is 8.22. The van der Waals surface area contributed by atoms with E-state index < -0.39 is 0 Å². The van der Waals surface area contributed by atoms with Crippen LogP contribution in [-0.4, -0.2) is 38.2 Å². The fraction of sp³-hybridized carbons (Fsp3) is 0.412. The van der Waals surface area contributed by atoms with Crippen molar-refractivity contribution in [2.45, 2.75) is 32.2 Å². The molecule has 2 aromatic heterocycles. The zero-order valence-corrected chi connectivity index (χ0v) is 12.8. The van der Waals surface area contributed by atoms with Crippen LogP contribution < -0.4 is 0 Å². The Bertz CT molecular complexity index is 731. The van der Waals surface area contributed by atoms with Crippen LogP contribution in [0.3, 0.4) is 0 Å². The van der Waals surface area contributed by atoms with Gasteiger partial charge in [-0.05, 0) is 50.6 Å². The third-order valence-corrected chi connectivity index (χ3v) is 4.68. The number of para-hydroxylation sites is 2. The summed E-state index contributed by atoms with van der Waals surface area (Å²) in [5.41, 5.74) is 4.79. The Morgan fingerprint density at radius 3 is 2.77 bits per heavy atom. The maximum absolute atomic E-state index is 4.68. The number of hydrogen-bond donors (Lipinski definition) is 2. The molecule has 22 heavy (non-hydrogen) atoms. The SMILES string of the molecule is Cc1cn[nH]c1C1CCN(Cc2nc3ccccc3[nH]2)CC1. The van der Waals surface area contributed by atoms with Gasteiger partial charge in [-0.25, -0.2) is 4.98 Å². The monoisotopic (exact) mass is 295 g/mol. The quantitative estimate of drug-likeness (QED) is 0.781. The Hall–Kier alpha value is -2.14. The van der Waals surface area contributed by atoms with Crippen LogP contribution in [0, 0.1) is 6.92 Å². The first kappa shape index (κ1) is 13.5. The molecule has 0 radical (unpaired) electrons. The third kappa shape index (κ3) is 2.52. The molecule has 1 aliphatic heterocycles. The van der Waals surface area contributed by atoms with Gasteiger partial charge in [-0.3, -0.25) is 10.00 Å². The lowest BCUT2D eigenvalue weighted by Gasteiger charge is -2.31. The molecule has 2 N–H and O–H groups in total. The second-order valence-electron chi connectivity index (χ2n) is 6.22. The molecular formula is C17H21N5. The lowest BCUT2D eigenvalue weighted by Crippen LogP contribution is -2.33. The molecule has 4 rings (SSSR count). The third-order valence-electron chi connectivity index (χ3n) is 4.68. The maximum atomic E-state index is 4.68. The van der Waals surface area contributed by atoms with Crippen LogP contribution in [0.25, 0.3) is 11.0 Å². The number of H-pyrrole nitrogens is 2. The lowest BCUT2D eigenvalue weighted by atomic mass is 9.92. The molecule has 0 saturated carbocycles. The number of nitrogens with one attached hydrogen (secondary N) is 2. The molecule has 3 heterocycles. The Morgan fingerprint density at radius 2 is 2.05 bits per heavy atom. The number of piperidine rings is 1. The molecule has 0 amide bonds. The number of aromatic amines is 2. The highest BCUT2D eigenvalue weighted by molar-refractivity contribution is 5.74. The zero-order chi connectivity index (χ0) is 14.9. The van der Waals surface area contributed by atoms with Crippen LogP contribution >= 0.6 is 0 Å². The van der Waals surface area contributed by atoms with Crippen LogP contribution in [0.1, 0.15) is 35.8 Å². The zero-order valence-electron chi connectivity index (χ0n) is 12.8. The fourth-order valence-electron chi connectivity index (χ4n) is 3.44. The van der Waals surface area contributed by atoms with Gasteiger partial charge in [0.25, 0.3) is 0 Å². The number of hydrogen-bond acceptors (Lipinski definition) is 3. The minimum Gasteiger partial charge on any atom is -0.341 e. The second kappa shape index (κ2) is 5.57. The molecule has 1 aliphatic rings. The van der Waals surface area contributed by atoms with E-state index in [1.165, 1.54) is 24.1 Å². The predicted octanol–water partition coefficient (Wildman–Crippen LogP) is 2.97. The molecule has 5 nitrogen and oxygen atoms in total. The van der Waals surface area contributed by atoms with Crippen LogP contribution in [0.2, 0.25) is 0 Å². The average Bonchev–Trinajstić information content (AvgIpc) is 3.13. The van der Waals surface area contributed by atoms with Crippen molar-refractivity contribution >= 4 is 11.0 Å². The summed E-state index contributed by atoms with van der Waals surface area (Å²) in [7, 11) is 0. The topological polar surface area (TPSA) is 60.6 Å². The van der Waals surface area contributed by atoms with Crippen molar-refractivity contribution in [3.8, 4) is 0 Å². The highest BCUT2D eigenvalue weighted by atomic mass is 15.2. The van der Waals surface area contributed by atoms with Crippen molar-refractivity contribution in [2.24, 2.45) is 0 Å². The van der Waals surface area contributed by atoms with E-state index in [2.05, 4.69) is 44.1 Å². The largest absolute Gasteiger partial charge is 0.341 e. The molecule has 3 aromatic rings. The van der Waals surface area contributed by atoms with Crippen molar-refractivity contribution < 1.29 is 0 Å². The standard InChI is InChI=1S/C17H21N5/c1-12-10-18-21-17(12)13-6-8-22(9-7-13)11-16-19-14-4-2-3-5-15(14)20-16/h2-5,10,13H,6-9,11H2,1H3,(H,18,21)(H,19,20). The van der Waals surface area contributed by atoms with E-state index in [1.54, 1.807) is 0 Å². The highest BCUT2D eigenvalue weighted by Gasteiger charge is 2.23. The van der Waals surface area contributed by atoms with Crippen molar-refractivity contribution in [2.75, 3.05) is 13.1 Å². The van der Waals surface area contributed by atoms with Gasteiger partial charge in [-0.1, -0.05) is 12.1 Å². The van der Waals surface area contributed by atoms with Crippen LogP contribution in [0.5, 0.6) is 0 Å². The van der Waals surface area contributed by atoms with Crippen molar-refractivity contribution in [3.05, 3.63) is 47.5 Å². The first-order chi connectivity index (χ1) is 10.8. The van der Waals surface area contributed by atoms with Gasteiger partial charge in [-0.2, -0.15) is 5.10 Å². The number of fused-ring (bicyclic) bond motifs is 1. The van der Waals surface area contributed by atoms with Gasteiger partial charge >= 0.3 is 0 Å². The van der Waals surface area contributed by atoms with Crippen molar-refractivity contribution in [1.82, 2.24) is 25.1 Å². The minimum atomic E-state index is 0.620. The molecule has 1 aromatic carbocycles. The van der Waals surface area contributed by atoms with E-state index >= 15 is 0 Å². The summed E-state index contributed by atoms with van der Waals surface area (Å²) >= 11 is 0. The normalized spacial score (nSPS) is 17.3. The number of nitrogens with zero attached hydrogens (tertiary/aromatic N) is 3. The predicted molar refractivity (Wildman–Crippen MR) is 86.7 cm³/mol. The molecule has 114 valence electrons. The molecule has 0 atom stereocenters.